The molecule has 0 aromatic heterocycles. The predicted octanol–water partition coefficient (Wildman–Crippen LogP) is 1.24. The molecule has 0 amide bonds. The van der Waals surface area contributed by atoms with Gasteiger partial charge in [-0.1, -0.05) is 0 Å². The molecule has 2 rings (SSSR count). The van der Waals surface area contributed by atoms with Crippen molar-refractivity contribution in [1.82, 2.24) is 4.31 Å². The number of hydrogen-bond donors (Lipinski definition) is 0. The molecule has 94 valence electrons. The van der Waals surface area contributed by atoms with E-state index in [4.69, 9.17) is 4.74 Å². The van der Waals surface area contributed by atoms with Crippen molar-refractivity contribution < 1.29 is 17.5 Å². The first-order valence-electron chi connectivity index (χ1n) is 5.44. The summed E-state index contributed by atoms with van der Waals surface area (Å²) in [5, 5.41) is 0. The van der Waals surface area contributed by atoms with Gasteiger partial charge in [0.05, 0.1) is 11.5 Å². The fourth-order valence-electron chi connectivity index (χ4n) is 1.72. The zero-order valence-electron chi connectivity index (χ0n) is 9.30. The van der Waals surface area contributed by atoms with Gasteiger partial charge in [-0.15, -0.1) is 0 Å². The zero-order chi connectivity index (χ0) is 12.3. The molecule has 1 heterocycles. The molecule has 0 saturated carbocycles. The van der Waals surface area contributed by atoms with Crippen molar-refractivity contribution in [3.8, 4) is 0 Å². The van der Waals surface area contributed by atoms with Crippen molar-refractivity contribution >= 4 is 10.0 Å². The monoisotopic (exact) mass is 259 g/mol. The highest BCUT2D eigenvalue weighted by molar-refractivity contribution is 7.89. The Balaban J connectivity index is 2.25. The van der Waals surface area contributed by atoms with Crippen molar-refractivity contribution in [1.29, 1.82) is 0 Å². The maximum Gasteiger partial charge on any atom is 0.243 e. The molecule has 1 fully saturated rings. The highest BCUT2D eigenvalue weighted by Gasteiger charge is 2.25. The number of rotatable bonds is 2. The molecule has 17 heavy (non-hydrogen) atoms. The number of sulfonamides is 1. The zero-order valence-corrected chi connectivity index (χ0v) is 10.1. The lowest BCUT2D eigenvalue weighted by Crippen LogP contribution is -2.33. The van der Waals surface area contributed by atoms with E-state index in [0.29, 0.717) is 32.7 Å². The second-order valence-electron chi connectivity index (χ2n) is 3.82. The number of ether oxygens (including phenoxy) is 1. The topological polar surface area (TPSA) is 46.6 Å². The fraction of sp³-hybridized carbons (Fsp3) is 0.455. The van der Waals surface area contributed by atoms with E-state index >= 15 is 0 Å². The number of hydrogen-bond acceptors (Lipinski definition) is 3. The lowest BCUT2D eigenvalue weighted by atomic mass is 10.4. The SMILES string of the molecule is O=S(=O)(c1ccc(F)cc1)N1CCCOCC1. The first-order chi connectivity index (χ1) is 8.10. The van der Waals surface area contributed by atoms with Gasteiger partial charge in [0.25, 0.3) is 0 Å². The van der Waals surface area contributed by atoms with Crippen LogP contribution in [0.15, 0.2) is 29.2 Å². The predicted molar refractivity (Wildman–Crippen MR) is 60.6 cm³/mol. The van der Waals surface area contributed by atoms with Crippen LogP contribution in [-0.2, 0) is 14.8 Å². The average molecular weight is 259 g/mol. The molecule has 0 N–H and O–H groups in total. The maximum atomic E-state index is 12.8. The van der Waals surface area contributed by atoms with Crippen molar-refractivity contribution in [3.05, 3.63) is 30.1 Å². The van der Waals surface area contributed by atoms with Crippen LogP contribution in [-0.4, -0.2) is 39.0 Å². The van der Waals surface area contributed by atoms with Gasteiger partial charge in [-0.25, -0.2) is 12.8 Å². The largest absolute Gasteiger partial charge is 0.380 e. The Bertz CT molecular complexity index is 464. The van der Waals surface area contributed by atoms with Crippen LogP contribution in [0.4, 0.5) is 4.39 Å². The third-order valence-corrected chi connectivity index (χ3v) is 4.55. The van der Waals surface area contributed by atoms with E-state index in [2.05, 4.69) is 0 Å². The van der Waals surface area contributed by atoms with Crippen LogP contribution in [0.2, 0.25) is 0 Å². The van der Waals surface area contributed by atoms with Gasteiger partial charge in [0.2, 0.25) is 10.0 Å². The molecule has 0 atom stereocenters. The summed E-state index contributed by atoms with van der Waals surface area (Å²) < 4.78 is 43.7. The van der Waals surface area contributed by atoms with Gasteiger partial charge < -0.3 is 4.74 Å². The Morgan fingerprint density at radius 2 is 1.82 bits per heavy atom. The van der Waals surface area contributed by atoms with E-state index in [1.807, 2.05) is 0 Å². The van der Waals surface area contributed by atoms with E-state index < -0.39 is 15.8 Å². The summed E-state index contributed by atoms with van der Waals surface area (Å²) in [5.41, 5.74) is 0. The minimum absolute atomic E-state index is 0.126. The average Bonchev–Trinajstić information content (AvgIpc) is 2.58. The molecule has 0 aliphatic carbocycles. The standard InChI is InChI=1S/C11H14FNO3S/c12-10-2-4-11(5-3-10)17(14,15)13-6-1-8-16-9-7-13/h2-5H,1,6-9H2. The molecule has 1 aromatic rings. The summed E-state index contributed by atoms with van der Waals surface area (Å²) in [6.45, 7) is 1.77. The quantitative estimate of drug-likeness (QED) is 0.802. The van der Waals surface area contributed by atoms with E-state index in [-0.39, 0.29) is 4.90 Å². The summed E-state index contributed by atoms with van der Waals surface area (Å²) in [4.78, 5) is 0.126. The van der Waals surface area contributed by atoms with E-state index in [1.165, 1.54) is 16.4 Å². The molecule has 0 radical (unpaired) electrons. The molecule has 0 spiro atoms. The van der Waals surface area contributed by atoms with Crippen LogP contribution >= 0.6 is 0 Å². The molecular formula is C11H14FNO3S. The molecule has 0 unspecified atom stereocenters. The molecule has 1 saturated heterocycles. The summed E-state index contributed by atoms with van der Waals surface area (Å²) in [5.74, 6) is -0.442. The van der Waals surface area contributed by atoms with Crippen LogP contribution in [0.1, 0.15) is 6.42 Å². The molecule has 1 aromatic carbocycles. The molecule has 4 nitrogen and oxygen atoms in total. The van der Waals surface area contributed by atoms with Crippen molar-refractivity contribution in [3.63, 3.8) is 0 Å². The molecule has 0 bridgehead atoms. The first-order valence-corrected chi connectivity index (χ1v) is 6.88. The lowest BCUT2D eigenvalue weighted by Gasteiger charge is -2.19. The molecule has 1 aliphatic heterocycles. The van der Waals surface area contributed by atoms with Gasteiger partial charge in [0.1, 0.15) is 5.82 Å². The van der Waals surface area contributed by atoms with Gasteiger partial charge in [-0.3, -0.25) is 0 Å². The molecule has 6 heteroatoms. The molecule has 1 aliphatic rings. The van der Waals surface area contributed by atoms with Crippen molar-refractivity contribution in [2.24, 2.45) is 0 Å². The van der Waals surface area contributed by atoms with Crippen molar-refractivity contribution in [2.75, 3.05) is 26.3 Å². The minimum Gasteiger partial charge on any atom is -0.380 e. The number of halogens is 1. The van der Waals surface area contributed by atoms with Crippen LogP contribution in [0.25, 0.3) is 0 Å². The van der Waals surface area contributed by atoms with E-state index in [9.17, 15) is 12.8 Å². The Morgan fingerprint density at radius 1 is 1.12 bits per heavy atom. The van der Waals surface area contributed by atoms with Crippen LogP contribution in [0.3, 0.4) is 0 Å². The number of nitrogens with zero attached hydrogens (tertiary/aromatic N) is 1. The van der Waals surface area contributed by atoms with E-state index in [1.54, 1.807) is 0 Å². The van der Waals surface area contributed by atoms with E-state index in [0.717, 1.165) is 12.1 Å². The van der Waals surface area contributed by atoms with Gasteiger partial charge in [0.15, 0.2) is 0 Å². The summed E-state index contributed by atoms with van der Waals surface area (Å²) in [6, 6.07) is 4.88. The number of benzene rings is 1. The maximum absolute atomic E-state index is 12.8. The molecular weight excluding hydrogens is 245 g/mol. The fourth-order valence-corrected chi connectivity index (χ4v) is 3.18. The smallest absolute Gasteiger partial charge is 0.243 e. The normalized spacial score (nSPS) is 18.9. The highest BCUT2D eigenvalue weighted by Crippen LogP contribution is 2.17. The highest BCUT2D eigenvalue weighted by atomic mass is 32.2. The van der Waals surface area contributed by atoms with Crippen LogP contribution < -0.4 is 0 Å². The van der Waals surface area contributed by atoms with Gasteiger partial charge in [0, 0.05) is 19.7 Å². The Labute approximate surface area is 100 Å². The van der Waals surface area contributed by atoms with Crippen molar-refractivity contribution in [2.45, 2.75) is 11.3 Å². The van der Waals surface area contributed by atoms with Crippen LogP contribution in [0.5, 0.6) is 0 Å². The Kier molecular flexibility index (Phi) is 3.76. The Morgan fingerprint density at radius 3 is 2.53 bits per heavy atom. The summed E-state index contributed by atoms with van der Waals surface area (Å²) >= 11 is 0. The van der Waals surface area contributed by atoms with Gasteiger partial charge >= 0.3 is 0 Å². The third-order valence-electron chi connectivity index (χ3n) is 2.63. The van der Waals surface area contributed by atoms with Crippen LogP contribution in [0, 0.1) is 5.82 Å². The minimum atomic E-state index is -3.52. The summed E-state index contributed by atoms with van der Waals surface area (Å²) in [7, 11) is -3.52. The second kappa shape index (κ2) is 5.12. The van der Waals surface area contributed by atoms with Gasteiger partial charge in [-0.05, 0) is 30.7 Å². The third kappa shape index (κ3) is 2.83. The summed E-state index contributed by atoms with van der Waals surface area (Å²) in [6.07, 6.45) is 0.681. The van der Waals surface area contributed by atoms with Gasteiger partial charge in [-0.2, -0.15) is 4.31 Å². The first kappa shape index (κ1) is 12.5. The Hall–Kier alpha value is -0.980. The lowest BCUT2D eigenvalue weighted by molar-refractivity contribution is 0.148. The second-order valence-corrected chi connectivity index (χ2v) is 5.76.